The van der Waals surface area contributed by atoms with Gasteiger partial charge in [0.1, 0.15) is 0 Å². The van der Waals surface area contributed by atoms with Crippen molar-refractivity contribution in [1.82, 2.24) is 0 Å². The number of carbonyl (C=O) groups is 1. The lowest BCUT2D eigenvalue weighted by atomic mass is 9.49. The fourth-order valence-electron chi connectivity index (χ4n) is 5.35. The second-order valence-electron chi connectivity index (χ2n) is 6.48. The first kappa shape index (κ1) is 11.2. The first-order valence-corrected chi connectivity index (χ1v) is 7.67. The van der Waals surface area contributed by atoms with E-state index in [1.54, 1.807) is 11.8 Å². The molecule has 1 saturated heterocycles. The first-order chi connectivity index (χ1) is 8.66. The lowest BCUT2D eigenvalue weighted by Gasteiger charge is -2.55. The SMILES string of the molecule is COC(=O)C1(C#N)SC12C1CC3CC(C1)CC2C3. The van der Waals surface area contributed by atoms with Crippen LogP contribution in [0.25, 0.3) is 0 Å². The quantitative estimate of drug-likeness (QED) is 0.538. The summed E-state index contributed by atoms with van der Waals surface area (Å²) in [5, 5.41) is 9.54. The van der Waals surface area contributed by atoms with Crippen LogP contribution in [0.5, 0.6) is 0 Å². The Hall–Kier alpha value is -0.690. The lowest BCUT2D eigenvalue weighted by Crippen LogP contribution is -2.55. The molecule has 0 N–H and O–H groups in total. The maximum absolute atomic E-state index is 12.1. The average Bonchev–Trinajstić information content (AvgIpc) is 3.06. The molecule has 0 aromatic rings. The van der Waals surface area contributed by atoms with Crippen LogP contribution >= 0.6 is 11.8 Å². The molecule has 0 aromatic heterocycles. The lowest BCUT2D eigenvalue weighted by molar-refractivity contribution is -0.143. The standard InChI is InChI=1S/C14H17NO2S/c1-17-12(16)13(7-15)14(18-13)10-3-8-2-9(5-10)6-11(14)4-8/h8-11H,2-6H2,1H3. The van der Waals surface area contributed by atoms with Gasteiger partial charge in [0, 0.05) is 0 Å². The fraction of sp³-hybridized carbons (Fsp3) is 0.857. The predicted molar refractivity (Wildman–Crippen MR) is 67.7 cm³/mol. The molecule has 1 aliphatic heterocycles. The van der Waals surface area contributed by atoms with Crippen molar-refractivity contribution >= 4 is 17.7 Å². The van der Waals surface area contributed by atoms with E-state index in [0.717, 1.165) is 11.8 Å². The van der Waals surface area contributed by atoms with Gasteiger partial charge in [-0.25, -0.2) is 4.79 Å². The van der Waals surface area contributed by atoms with Crippen molar-refractivity contribution in [2.75, 3.05) is 7.11 Å². The van der Waals surface area contributed by atoms with Crippen molar-refractivity contribution in [3.05, 3.63) is 0 Å². The van der Waals surface area contributed by atoms with Crippen LogP contribution in [0.4, 0.5) is 0 Å². The van der Waals surface area contributed by atoms with Crippen LogP contribution in [0.15, 0.2) is 0 Å². The van der Waals surface area contributed by atoms with Crippen molar-refractivity contribution in [2.45, 2.75) is 41.6 Å². The summed E-state index contributed by atoms with van der Waals surface area (Å²) >= 11 is 1.62. The third kappa shape index (κ3) is 1.02. The summed E-state index contributed by atoms with van der Waals surface area (Å²) in [6.45, 7) is 0. The number of hydrogen-bond acceptors (Lipinski definition) is 4. The number of nitrogens with zero attached hydrogens (tertiary/aromatic N) is 1. The first-order valence-electron chi connectivity index (χ1n) is 6.86. The van der Waals surface area contributed by atoms with E-state index in [2.05, 4.69) is 6.07 Å². The van der Waals surface area contributed by atoms with Gasteiger partial charge in [-0.15, -0.1) is 11.8 Å². The Morgan fingerprint density at radius 2 is 1.78 bits per heavy atom. The summed E-state index contributed by atoms with van der Waals surface area (Å²) in [5.41, 5.74) is 0. The third-order valence-corrected chi connectivity index (χ3v) is 7.82. The molecule has 5 aliphatic rings. The van der Waals surface area contributed by atoms with E-state index in [1.807, 2.05) is 0 Å². The highest BCUT2D eigenvalue weighted by molar-refractivity contribution is 8.11. The molecule has 96 valence electrons. The molecule has 1 spiro atoms. The molecular weight excluding hydrogens is 246 g/mol. The van der Waals surface area contributed by atoms with Gasteiger partial charge >= 0.3 is 5.97 Å². The van der Waals surface area contributed by atoms with Crippen LogP contribution in [0.1, 0.15) is 32.1 Å². The van der Waals surface area contributed by atoms with E-state index < -0.39 is 4.75 Å². The van der Waals surface area contributed by atoms with Crippen molar-refractivity contribution in [3.63, 3.8) is 0 Å². The summed E-state index contributed by atoms with van der Waals surface area (Å²) in [6, 6.07) is 2.31. The smallest absolute Gasteiger partial charge is 0.338 e. The second kappa shape index (κ2) is 3.25. The topological polar surface area (TPSA) is 50.1 Å². The molecule has 4 saturated carbocycles. The predicted octanol–water partition coefficient (Wildman–Crippen LogP) is 2.36. The second-order valence-corrected chi connectivity index (χ2v) is 7.98. The monoisotopic (exact) mass is 263 g/mol. The summed E-state index contributed by atoms with van der Waals surface area (Å²) < 4.78 is 3.97. The number of hydrogen-bond donors (Lipinski definition) is 0. The highest BCUT2D eigenvalue weighted by atomic mass is 32.2. The van der Waals surface area contributed by atoms with Gasteiger partial charge in [-0.05, 0) is 55.8 Å². The molecule has 18 heavy (non-hydrogen) atoms. The molecule has 5 fully saturated rings. The van der Waals surface area contributed by atoms with Crippen LogP contribution in [0.3, 0.4) is 0 Å². The molecule has 0 radical (unpaired) electrons. The molecule has 0 amide bonds. The summed E-state index contributed by atoms with van der Waals surface area (Å²) in [6.07, 6.45) is 6.34. The van der Waals surface area contributed by atoms with Gasteiger partial charge in [-0.3, -0.25) is 0 Å². The minimum Gasteiger partial charge on any atom is -0.467 e. The highest BCUT2D eigenvalue weighted by Crippen LogP contribution is 2.79. The van der Waals surface area contributed by atoms with Crippen LogP contribution in [-0.2, 0) is 9.53 Å². The van der Waals surface area contributed by atoms with Gasteiger partial charge in [0.2, 0.25) is 4.75 Å². The molecule has 4 aliphatic carbocycles. The van der Waals surface area contributed by atoms with Gasteiger partial charge in [0.05, 0.1) is 17.9 Å². The van der Waals surface area contributed by atoms with Crippen molar-refractivity contribution < 1.29 is 9.53 Å². The molecule has 0 aromatic carbocycles. The molecule has 4 heteroatoms. The van der Waals surface area contributed by atoms with E-state index >= 15 is 0 Å². The summed E-state index contributed by atoms with van der Waals surface area (Å²) in [4.78, 5) is 12.1. The van der Waals surface area contributed by atoms with Crippen LogP contribution in [0, 0.1) is 35.0 Å². The Bertz CT molecular complexity index is 441. The minimum atomic E-state index is -0.871. The van der Waals surface area contributed by atoms with Crippen molar-refractivity contribution in [1.29, 1.82) is 5.26 Å². The zero-order valence-electron chi connectivity index (χ0n) is 10.5. The fourth-order valence-corrected chi connectivity index (χ4v) is 7.20. The normalized spacial score (nSPS) is 55.3. The van der Waals surface area contributed by atoms with Crippen LogP contribution < -0.4 is 0 Å². The van der Waals surface area contributed by atoms with Crippen LogP contribution in [-0.4, -0.2) is 22.6 Å². The van der Waals surface area contributed by atoms with E-state index in [-0.39, 0.29) is 10.7 Å². The zero-order valence-corrected chi connectivity index (χ0v) is 11.3. The zero-order chi connectivity index (χ0) is 12.5. The molecule has 4 bridgehead atoms. The number of ether oxygens (including phenoxy) is 1. The van der Waals surface area contributed by atoms with Crippen molar-refractivity contribution in [3.8, 4) is 6.07 Å². The Kier molecular flexibility index (Phi) is 2.01. The maximum Gasteiger partial charge on any atom is 0.338 e. The highest BCUT2D eigenvalue weighted by Gasteiger charge is 2.83. The number of methoxy groups -OCH3 is 1. The van der Waals surface area contributed by atoms with Gasteiger partial charge in [0.15, 0.2) is 0 Å². The Morgan fingerprint density at radius 3 is 2.22 bits per heavy atom. The molecule has 5 rings (SSSR count). The molecule has 3 nitrogen and oxygen atoms in total. The van der Waals surface area contributed by atoms with E-state index in [9.17, 15) is 10.1 Å². The van der Waals surface area contributed by atoms with Crippen LogP contribution in [0.2, 0.25) is 0 Å². The molecule has 1 unspecified atom stereocenters. The van der Waals surface area contributed by atoms with E-state index in [4.69, 9.17) is 4.74 Å². The van der Waals surface area contributed by atoms with Gasteiger partial charge in [0.25, 0.3) is 0 Å². The Morgan fingerprint density at radius 1 is 1.22 bits per heavy atom. The van der Waals surface area contributed by atoms with Gasteiger partial charge in [-0.2, -0.15) is 5.26 Å². The summed E-state index contributed by atoms with van der Waals surface area (Å²) in [7, 11) is 1.41. The average molecular weight is 263 g/mol. The number of nitriles is 1. The van der Waals surface area contributed by atoms with E-state index in [0.29, 0.717) is 11.8 Å². The largest absolute Gasteiger partial charge is 0.467 e. The van der Waals surface area contributed by atoms with Gasteiger partial charge in [-0.1, -0.05) is 0 Å². The number of esters is 1. The molecular formula is C14H17NO2S. The Balaban J connectivity index is 1.74. The van der Waals surface area contributed by atoms with E-state index in [1.165, 1.54) is 39.2 Å². The summed E-state index contributed by atoms with van der Waals surface area (Å²) in [5.74, 6) is 2.60. The Labute approximate surface area is 111 Å². The number of thioether (sulfide) groups is 1. The molecule has 1 heterocycles. The number of carbonyl (C=O) groups excluding carboxylic acids is 1. The number of rotatable bonds is 1. The van der Waals surface area contributed by atoms with Crippen molar-refractivity contribution in [2.24, 2.45) is 23.7 Å². The minimum absolute atomic E-state index is 0.0811. The maximum atomic E-state index is 12.1. The molecule has 1 atom stereocenters. The van der Waals surface area contributed by atoms with Gasteiger partial charge < -0.3 is 4.74 Å². The third-order valence-electron chi connectivity index (χ3n) is 5.81.